The smallest absolute Gasteiger partial charge is 0.414 e. The Morgan fingerprint density at radius 3 is 2.60 bits per heavy atom. The zero-order chi connectivity index (χ0) is 31.1. The Morgan fingerprint density at radius 2 is 1.95 bits per heavy atom. The lowest BCUT2D eigenvalue weighted by Gasteiger charge is -2.33. The van der Waals surface area contributed by atoms with Gasteiger partial charge in [-0.15, -0.1) is 0 Å². The summed E-state index contributed by atoms with van der Waals surface area (Å²) in [4.78, 5) is 68.6. The van der Waals surface area contributed by atoms with Gasteiger partial charge in [-0.2, -0.15) is 0 Å². The van der Waals surface area contributed by atoms with E-state index in [9.17, 15) is 29.1 Å². The van der Waals surface area contributed by atoms with Gasteiger partial charge in [0.15, 0.2) is 13.9 Å². The molecule has 43 heavy (non-hydrogen) atoms. The molecule has 0 unspecified atom stereocenters. The summed E-state index contributed by atoms with van der Waals surface area (Å²) in [5.74, 6) is -1.22. The Morgan fingerprint density at radius 1 is 1.19 bits per heavy atom. The predicted molar refractivity (Wildman–Crippen MR) is 159 cm³/mol. The normalized spacial score (nSPS) is 28.7. The highest BCUT2D eigenvalue weighted by molar-refractivity contribution is 6.71. The summed E-state index contributed by atoms with van der Waals surface area (Å²) in [6, 6.07) is 5.16. The molecule has 5 rings (SSSR count). The van der Waals surface area contributed by atoms with Crippen molar-refractivity contribution in [3.63, 3.8) is 0 Å². The number of carbonyl (C=O) groups excluding carboxylic acids is 4. The zero-order valence-corrected chi connectivity index (χ0v) is 26.4. The molecule has 1 spiro atoms. The fourth-order valence-electron chi connectivity index (χ4n) is 7.57. The Kier molecular flexibility index (Phi) is 8.90. The second-order valence-corrected chi connectivity index (χ2v) is 16.6. The highest BCUT2D eigenvalue weighted by Crippen LogP contribution is 2.60. The molecule has 1 aromatic rings. The quantitative estimate of drug-likeness (QED) is 0.230. The van der Waals surface area contributed by atoms with Crippen LogP contribution in [0.1, 0.15) is 51.0 Å². The number of unbranched alkanes of at least 4 members (excludes halogenated alkanes) is 1. The van der Waals surface area contributed by atoms with Crippen LogP contribution in [0.15, 0.2) is 18.2 Å². The first-order chi connectivity index (χ1) is 20.4. The zero-order valence-electron chi connectivity index (χ0n) is 25.4. The molecule has 0 aromatic heterocycles. The average Bonchev–Trinajstić information content (AvgIpc) is 3.73. The molecule has 236 valence electrons. The molecule has 13 heteroatoms. The molecular formula is C30H43N3O9Si. The summed E-state index contributed by atoms with van der Waals surface area (Å²) in [7, 11) is -1.66. The number of anilines is 2. The van der Waals surface area contributed by atoms with Crippen molar-refractivity contribution >= 4 is 43.6 Å². The van der Waals surface area contributed by atoms with Crippen LogP contribution in [-0.4, -0.2) is 99.1 Å². The van der Waals surface area contributed by atoms with Crippen LogP contribution in [0.5, 0.6) is 0 Å². The van der Waals surface area contributed by atoms with Crippen LogP contribution < -0.4 is 9.80 Å². The number of aliphatic hydroxyl groups is 1. The molecule has 3 fully saturated rings. The average molecular weight is 618 g/mol. The number of aliphatic hydroxyl groups excluding tert-OH is 1. The topological polar surface area (TPSA) is 146 Å². The number of methoxy groups -OCH3 is 1. The van der Waals surface area contributed by atoms with Crippen molar-refractivity contribution in [2.24, 2.45) is 5.92 Å². The number of rotatable bonds is 10. The Labute approximate surface area is 253 Å². The van der Waals surface area contributed by atoms with Gasteiger partial charge in [-0.25, -0.2) is 4.79 Å². The molecule has 4 aliphatic heterocycles. The van der Waals surface area contributed by atoms with E-state index in [1.807, 2.05) is 26.1 Å². The van der Waals surface area contributed by atoms with Gasteiger partial charge in [-0.3, -0.25) is 19.3 Å². The van der Waals surface area contributed by atoms with Crippen LogP contribution in [0, 0.1) is 5.92 Å². The minimum atomic E-state index is -3.00. The number of cyclic esters (lactones) is 1. The monoisotopic (exact) mass is 617 g/mol. The van der Waals surface area contributed by atoms with Crippen molar-refractivity contribution in [3.05, 3.63) is 23.8 Å². The van der Waals surface area contributed by atoms with Crippen molar-refractivity contribution in [3.8, 4) is 0 Å². The number of benzene rings is 1. The first-order valence-electron chi connectivity index (χ1n) is 15.2. The van der Waals surface area contributed by atoms with E-state index in [1.54, 1.807) is 21.9 Å². The molecule has 0 radical (unpaired) electrons. The van der Waals surface area contributed by atoms with E-state index >= 15 is 0 Å². The van der Waals surface area contributed by atoms with Crippen LogP contribution in [0.3, 0.4) is 0 Å². The molecule has 3 saturated heterocycles. The van der Waals surface area contributed by atoms with Gasteiger partial charge in [0, 0.05) is 42.2 Å². The predicted octanol–water partition coefficient (Wildman–Crippen LogP) is 2.50. The number of ether oxygens (including phenoxy) is 3. The van der Waals surface area contributed by atoms with E-state index < -0.39 is 37.6 Å². The molecule has 1 aromatic carbocycles. The number of nitrogens with zero attached hydrogens (tertiary/aromatic N) is 3. The molecule has 12 nitrogen and oxygen atoms in total. The van der Waals surface area contributed by atoms with Crippen LogP contribution in [0.2, 0.25) is 18.6 Å². The maximum absolute atomic E-state index is 14.5. The highest BCUT2D eigenvalue weighted by Gasteiger charge is 2.66. The van der Waals surface area contributed by atoms with Crippen molar-refractivity contribution in [1.29, 1.82) is 0 Å². The molecular weight excluding hydrogens is 574 g/mol. The molecule has 0 aliphatic carbocycles. The van der Waals surface area contributed by atoms with E-state index in [-0.39, 0.29) is 49.9 Å². The van der Waals surface area contributed by atoms with Gasteiger partial charge in [0.25, 0.3) is 5.91 Å². The first-order valence-corrected chi connectivity index (χ1v) is 18.2. The molecule has 3 amide bonds. The fourth-order valence-corrected chi connectivity index (χ4v) is 10.1. The summed E-state index contributed by atoms with van der Waals surface area (Å²) in [6.07, 6.45) is 1.67. The fraction of sp³-hybridized carbons (Fsp3) is 0.667. The minimum Gasteiger partial charge on any atom is -0.469 e. The Balaban J connectivity index is 1.52. The van der Waals surface area contributed by atoms with E-state index in [1.165, 1.54) is 12.0 Å². The Bertz CT molecular complexity index is 1270. The number of carbonyl (C=O) groups is 4. The number of hydrogen-bond acceptors (Lipinski definition) is 9. The third kappa shape index (κ3) is 5.56. The van der Waals surface area contributed by atoms with E-state index in [2.05, 4.69) is 0 Å². The summed E-state index contributed by atoms with van der Waals surface area (Å²) < 4.78 is 16.7. The number of esters is 1. The lowest BCUT2D eigenvalue weighted by Crippen LogP contribution is -2.46. The van der Waals surface area contributed by atoms with Gasteiger partial charge >= 0.3 is 12.1 Å². The lowest BCUT2D eigenvalue weighted by atomic mass is 9.82. The van der Waals surface area contributed by atoms with Gasteiger partial charge in [0.05, 0.1) is 44.5 Å². The minimum absolute atomic E-state index is 0.00979. The summed E-state index contributed by atoms with van der Waals surface area (Å²) >= 11 is 0. The van der Waals surface area contributed by atoms with Gasteiger partial charge in [-0.05, 0) is 57.0 Å². The van der Waals surface area contributed by atoms with Crippen LogP contribution in [0.4, 0.5) is 16.2 Å². The third-order valence-electron chi connectivity index (χ3n) is 9.56. The SMILES string of the molecule is COC(=O)CCCCN1C(=O)[C@@]2(O[C@@H](CC(=O)N3CCC[C@H]3CO)[C@H]([Si](C)(C)O)[C@H]2C)c2cc(N3CCOC3=O)ccc21. The molecule has 5 atom stereocenters. The van der Waals surface area contributed by atoms with Crippen LogP contribution >= 0.6 is 0 Å². The first kappa shape index (κ1) is 31.4. The molecule has 0 saturated carbocycles. The number of hydrogen-bond donors (Lipinski definition) is 2. The van der Waals surface area contributed by atoms with Crippen LogP contribution in [-0.2, 0) is 34.2 Å². The third-order valence-corrected chi connectivity index (χ3v) is 12.1. The largest absolute Gasteiger partial charge is 0.469 e. The molecule has 0 bridgehead atoms. The Hall–Kier alpha value is -3.00. The highest BCUT2D eigenvalue weighted by atomic mass is 28.4. The molecule has 4 aliphatic rings. The lowest BCUT2D eigenvalue weighted by molar-refractivity contribution is -0.150. The summed E-state index contributed by atoms with van der Waals surface area (Å²) in [6.45, 7) is 6.95. The van der Waals surface area contributed by atoms with E-state index in [0.717, 1.165) is 12.8 Å². The second kappa shape index (κ2) is 12.2. The van der Waals surface area contributed by atoms with E-state index in [4.69, 9.17) is 14.2 Å². The number of likely N-dealkylation sites (tertiary alicyclic amines) is 1. The summed E-state index contributed by atoms with van der Waals surface area (Å²) in [5, 5.41) is 9.81. The maximum Gasteiger partial charge on any atom is 0.414 e. The van der Waals surface area contributed by atoms with Gasteiger partial charge < -0.3 is 33.9 Å². The van der Waals surface area contributed by atoms with Gasteiger partial charge in [0.2, 0.25) is 5.91 Å². The number of amides is 3. The van der Waals surface area contributed by atoms with Gasteiger partial charge in [0.1, 0.15) is 6.61 Å². The number of fused-ring (bicyclic) bond motifs is 2. The van der Waals surface area contributed by atoms with Crippen LogP contribution in [0.25, 0.3) is 0 Å². The molecule has 4 heterocycles. The van der Waals surface area contributed by atoms with Crippen molar-refractivity contribution in [1.82, 2.24) is 4.90 Å². The molecule has 2 N–H and O–H groups in total. The van der Waals surface area contributed by atoms with Gasteiger partial charge in [-0.1, -0.05) is 6.92 Å². The van der Waals surface area contributed by atoms with Crippen molar-refractivity contribution in [2.75, 3.05) is 49.8 Å². The standard InChI is InChI=1S/C30H43N3O9Si/c1-19-27(43(3,4)39)24(17-25(35)31-13-7-8-21(31)18-34)42-30(19)22-16-20(32-14-15-41-29(32)38)10-11-23(22)33(28(30)37)12-6-5-9-26(36)40-2/h10-11,16,19,21,24,27,34,39H,5-9,12-15,17-18H2,1-4H3/t19-,21+,24+,27-,30+/m1/s1. The van der Waals surface area contributed by atoms with E-state index in [0.29, 0.717) is 49.4 Å². The van der Waals surface area contributed by atoms with Crippen molar-refractivity contribution < 1.29 is 43.3 Å². The second-order valence-electron chi connectivity index (χ2n) is 12.6. The maximum atomic E-state index is 14.5. The summed E-state index contributed by atoms with van der Waals surface area (Å²) in [5.41, 5.74) is -0.0854. The van der Waals surface area contributed by atoms with Crippen molar-refractivity contribution in [2.45, 2.75) is 81.8 Å².